The third-order valence-electron chi connectivity index (χ3n) is 4.08. The van der Waals surface area contributed by atoms with Gasteiger partial charge in [0.1, 0.15) is 0 Å². The van der Waals surface area contributed by atoms with Gasteiger partial charge in [-0.3, -0.25) is 9.59 Å². The maximum Gasteiger partial charge on any atom is 0.251 e. The average molecular weight is 343 g/mol. The van der Waals surface area contributed by atoms with Crippen molar-refractivity contribution in [2.75, 3.05) is 11.4 Å². The maximum atomic E-state index is 12.4. The van der Waals surface area contributed by atoms with Crippen molar-refractivity contribution in [1.29, 1.82) is 0 Å². The Labute approximate surface area is 146 Å². The van der Waals surface area contributed by atoms with E-state index in [1.807, 2.05) is 44.2 Å². The fourth-order valence-electron chi connectivity index (χ4n) is 3.05. The van der Waals surface area contributed by atoms with E-state index in [0.29, 0.717) is 23.6 Å². The van der Waals surface area contributed by atoms with Crippen molar-refractivity contribution in [3.05, 3.63) is 64.2 Å². The molecule has 0 aromatic heterocycles. The number of anilines is 1. The number of aryl methyl sites for hydroxylation is 2. The lowest BCUT2D eigenvalue weighted by molar-refractivity contribution is -0.117. The highest BCUT2D eigenvalue weighted by molar-refractivity contribution is 6.30. The molecule has 124 valence electrons. The van der Waals surface area contributed by atoms with E-state index in [1.54, 1.807) is 17.0 Å². The molecule has 0 radical (unpaired) electrons. The molecule has 1 aliphatic rings. The molecule has 1 fully saturated rings. The van der Waals surface area contributed by atoms with Gasteiger partial charge in [-0.2, -0.15) is 0 Å². The Morgan fingerprint density at radius 2 is 1.75 bits per heavy atom. The highest BCUT2D eigenvalue weighted by Crippen LogP contribution is 2.23. The minimum absolute atomic E-state index is 0.00282. The number of rotatable bonds is 3. The molecule has 2 aromatic rings. The number of nitrogens with one attached hydrogen (secondary N) is 1. The van der Waals surface area contributed by atoms with Crippen LogP contribution < -0.4 is 10.2 Å². The fourth-order valence-corrected chi connectivity index (χ4v) is 3.18. The molecule has 3 rings (SSSR count). The fraction of sp³-hybridized carbons (Fsp3) is 0.263. The predicted octanol–water partition coefficient (Wildman–Crippen LogP) is 3.49. The van der Waals surface area contributed by atoms with Crippen molar-refractivity contribution in [2.24, 2.45) is 0 Å². The largest absolute Gasteiger partial charge is 0.347 e. The van der Waals surface area contributed by atoms with Gasteiger partial charge in [0.25, 0.3) is 5.91 Å². The van der Waals surface area contributed by atoms with E-state index in [4.69, 9.17) is 11.6 Å². The van der Waals surface area contributed by atoms with Crippen LogP contribution in [0.5, 0.6) is 0 Å². The van der Waals surface area contributed by atoms with Gasteiger partial charge in [0.2, 0.25) is 5.91 Å². The molecule has 1 heterocycles. The number of hydrogen-bond donors (Lipinski definition) is 1. The summed E-state index contributed by atoms with van der Waals surface area (Å²) in [5.74, 6) is -0.138. The summed E-state index contributed by atoms with van der Waals surface area (Å²) < 4.78 is 0. The molecular weight excluding hydrogens is 324 g/mol. The minimum atomic E-state index is -0.193. The number of nitrogens with zero attached hydrogens (tertiary/aromatic N) is 1. The summed E-state index contributed by atoms with van der Waals surface area (Å²) in [5, 5.41) is 3.59. The monoisotopic (exact) mass is 342 g/mol. The lowest BCUT2D eigenvalue weighted by Gasteiger charge is -2.17. The third kappa shape index (κ3) is 3.60. The van der Waals surface area contributed by atoms with Crippen LogP contribution in [0.3, 0.4) is 0 Å². The lowest BCUT2D eigenvalue weighted by Crippen LogP contribution is -2.37. The van der Waals surface area contributed by atoms with Crippen LogP contribution in [0.1, 0.15) is 27.9 Å². The minimum Gasteiger partial charge on any atom is -0.347 e. The molecular formula is C19H19ClN2O2. The van der Waals surface area contributed by atoms with Crippen LogP contribution in [0.4, 0.5) is 5.69 Å². The average Bonchev–Trinajstić information content (AvgIpc) is 2.87. The summed E-state index contributed by atoms with van der Waals surface area (Å²) in [7, 11) is 0. The first-order chi connectivity index (χ1) is 11.4. The molecule has 0 unspecified atom stereocenters. The molecule has 2 aromatic carbocycles. The van der Waals surface area contributed by atoms with Gasteiger partial charge >= 0.3 is 0 Å². The number of halogens is 1. The van der Waals surface area contributed by atoms with E-state index in [1.165, 1.54) is 0 Å². The Morgan fingerprint density at radius 3 is 2.38 bits per heavy atom. The second-order valence-electron chi connectivity index (χ2n) is 6.23. The van der Waals surface area contributed by atoms with Crippen molar-refractivity contribution in [3.8, 4) is 0 Å². The Kier molecular flexibility index (Phi) is 4.58. The molecule has 4 nitrogen and oxygen atoms in total. The zero-order valence-corrected chi connectivity index (χ0v) is 14.4. The molecule has 0 spiro atoms. The van der Waals surface area contributed by atoms with Crippen LogP contribution in [-0.4, -0.2) is 24.4 Å². The van der Waals surface area contributed by atoms with Gasteiger partial charge in [0.15, 0.2) is 0 Å². The van der Waals surface area contributed by atoms with E-state index >= 15 is 0 Å². The van der Waals surface area contributed by atoms with Gasteiger partial charge in [-0.1, -0.05) is 28.8 Å². The van der Waals surface area contributed by atoms with Crippen LogP contribution >= 0.6 is 11.6 Å². The van der Waals surface area contributed by atoms with Crippen LogP contribution in [0, 0.1) is 13.8 Å². The molecule has 24 heavy (non-hydrogen) atoms. The number of carbonyl (C=O) groups excluding carboxylic acids is 2. The molecule has 2 amide bonds. The Morgan fingerprint density at radius 1 is 1.12 bits per heavy atom. The number of amides is 2. The molecule has 5 heteroatoms. The van der Waals surface area contributed by atoms with Crippen molar-refractivity contribution in [1.82, 2.24) is 5.32 Å². The quantitative estimate of drug-likeness (QED) is 0.928. The SMILES string of the molecule is Cc1cc(C)cc(C(=O)N[C@@H]2CC(=O)N(c3ccc(Cl)cc3)C2)c1. The first-order valence-corrected chi connectivity index (χ1v) is 8.25. The lowest BCUT2D eigenvalue weighted by atomic mass is 10.1. The zero-order chi connectivity index (χ0) is 17.3. The van der Waals surface area contributed by atoms with Gasteiger partial charge in [0.05, 0.1) is 6.04 Å². The van der Waals surface area contributed by atoms with Crippen LogP contribution in [0.2, 0.25) is 5.02 Å². The highest BCUT2D eigenvalue weighted by atomic mass is 35.5. The molecule has 1 saturated heterocycles. The van der Waals surface area contributed by atoms with Gasteiger partial charge in [-0.25, -0.2) is 0 Å². The van der Waals surface area contributed by atoms with Gasteiger partial charge in [0, 0.05) is 29.2 Å². The standard InChI is InChI=1S/C19H19ClN2O2/c1-12-7-13(2)9-14(8-12)19(24)21-16-10-18(23)22(11-16)17-5-3-15(20)4-6-17/h3-9,16H,10-11H2,1-2H3,(H,21,24)/t16-/m1/s1. The Bertz CT molecular complexity index is 766. The van der Waals surface area contributed by atoms with Gasteiger partial charge < -0.3 is 10.2 Å². The maximum absolute atomic E-state index is 12.4. The zero-order valence-electron chi connectivity index (χ0n) is 13.7. The summed E-state index contributed by atoms with van der Waals surface area (Å²) in [6.45, 7) is 4.40. The molecule has 0 aliphatic carbocycles. The molecule has 1 N–H and O–H groups in total. The smallest absolute Gasteiger partial charge is 0.251 e. The molecule has 0 saturated carbocycles. The van der Waals surface area contributed by atoms with E-state index in [9.17, 15) is 9.59 Å². The summed E-state index contributed by atoms with van der Waals surface area (Å²) >= 11 is 5.89. The first kappa shape index (κ1) is 16.5. The Hall–Kier alpha value is -2.33. The molecule has 0 bridgehead atoms. The van der Waals surface area contributed by atoms with Crippen molar-refractivity contribution >= 4 is 29.1 Å². The highest BCUT2D eigenvalue weighted by Gasteiger charge is 2.31. The van der Waals surface area contributed by atoms with E-state index in [2.05, 4.69) is 5.32 Å². The van der Waals surface area contributed by atoms with Gasteiger partial charge in [-0.05, 0) is 50.2 Å². The topological polar surface area (TPSA) is 49.4 Å². The summed E-state index contributed by atoms with van der Waals surface area (Å²) in [4.78, 5) is 26.4. The van der Waals surface area contributed by atoms with Crippen LogP contribution in [0.15, 0.2) is 42.5 Å². The third-order valence-corrected chi connectivity index (χ3v) is 4.33. The number of benzene rings is 2. The van der Waals surface area contributed by atoms with Crippen molar-refractivity contribution < 1.29 is 9.59 Å². The normalized spacial score (nSPS) is 17.2. The molecule has 1 atom stereocenters. The first-order valence-electron chi connectivity index (χ1n) is 7.87. The number of hydrogen-bond acceptors (Lipinski definition) is 2. The molecule has 1 aliphatic heterocycles. The van der Waals surface area contributed by atoms with E-state index < -0.39 is 0 Å². The van der Waals surface area contributed by atoms with E-state index in [-0.39, 0.29) is 17.9 Å². The van der Waals surface area contributed by atoms with E-state index in [0.717, 1.165) is 16.8 Å². The van der Waals surface area contributed by atoms with Crippen LogP contribution in [0.25, 0.3) is 0 Å². The van der Waals surface area contributed by atoms with Crippen molar-refractivity contribution in [3.63, 3.8) is 0 Å². The predicted molar refractivity (Wildman–Crippen MR) is 95.6 cm³/mol. The second-order valence-corrected chi connectivity index (χ2v) is 6.67. The Balaban J connectivity index is 1.69. The van der Waals surface area contributed by atoms with Gasteiger partial charge in [-0.15, -0.1) is 0 Å². The van der Waals surface area contributed by atoms with Crippen molar-refractivity contribution in [2.45, 2.75) is 26.3 Å². The van der Waals surface area contributed by atoms with Crippen LogP contribution in [-0.2, 0) is 4.79 Å². The summed E-state index contributed by atoms with van der Waals surface area (Å²) in [5.41, 5.74) is 3.52. The summed E-state index contributed by atoms with van der Waals surface area (Å²) in [6.07, 6.45) is 0.305. The second kappa shape index (κ2) is 6.65. The summed E-state index contributed by atoms with van der Waals surface area (Å²) in [6, 6.07) is 12.7. The number of carbonyl (C=O) groups is 2.